The molecule has 14 rings (SSSR count). The molecule has 0 saturated heterocycles. The number of pyridine rings is 7. The summed E-state index contributed by atoms with van der Waals surface area (Å²) in [5.41, 5.74) is 36.8. The van der Waals surface area contributed by atoms with Crippen LogP contribution in [-0.2, 0) is 25.4 Å². The molecule has 0 radical (unpaired) electrons. The van der Waals surface area contributed by atoms with Crippen molar-refractivity contribution in [2.24, 2.45) is 0 Å². The quantitative estimate of drug-likeness (QED) is 0.0125. The molecule has 0 atom stereocenters. The van der Waals surface area contributed by atoms with Gasteiger partial charge in [-0.2, -0.15) is 0 Å². The first-order valence-corrected chi connectivity index (χ1v) is 42.1. The van der Waals surface area contributed by atoms with E-state index in [0.717, 1.165) is 101 Å². The first-order valence-electron chi connectivity index (χ1n) is 36.7. The normalized spacial score (nSPS) is 10.2. The number of nitrogens with two attached hydrogens (primary N) is 3. The Bertz CT molecular complexity index is 5700. The largest absolute Gasteiger partial charge is 0.469 e. The lowest BCUT2D eigenvalue weighted by Gasteiger charge is -2.16. The Balaban J connectivity index is 0.000000177. The maximum absolute atomic E-state index is 11.8. The zero-order valence-electron chi connectivity index (χ0n) is 66.1. The highest BCUT2D eigenvalue weighted by Gasteiger charge is 2.19. The molecule has 7 heterocycles. The average Bonchev–Trinajstić information content (AvgIpc) is 0.761. The summed E-state index contributed by atoms with van der Waals surface area (Å²) >= 11 is 28.9. The van der Waals surface area contributed by atoms with Crippen LogP contribution < -0.4 is 38.8 Å². The summed E-state index contributed by atoms with van der Waals surface area (Å²) in [7, 11) is 1.38. The van der Waals surface area contributed by atoms with Gasteiger partial charge in [0.1, 0.15) is 37.2 Å². The van der Waals surface area contributed by atoms with Gasteiger partial charge in [-0.25, -0.2) is 29.5 Å². The van der Waals surface area contributed by atoms with E-state index < -0.39 is 11.9 Å². The lowest BCUT2D eigenvalue weighted by Crippen LogP contribution is -2.21. The molecule has 0 saturated carbocycles. The number of anilines is 7. The van der Waals surface area contributed by atoms with Gasteiger partial charge in [0, 0.05) is 104 Å². The highest BCUT2D eigenvalue weighted by atomic mass is 35.5. The minimum atomic E-state index is -0.489. The van der Waals surface area contributed by atoms with Crippen molar-refractivity contribution in [1.82, 2.24) is 34.1 Å². The number of nitrogen functional groups attached to an aromatic ring is 3. The summed E-state index contributed by atoms with van der Waals surface area (Å²) in [6.45, 7) is 12.1. The van der Waals surface area contributed by atoms with Crippen LogP contribution in [-0.4, -0.2) is 92.7 Å². The maximum Gasteiger partial charge on any atom is 0.341 e. The number of aldehydes is 1. The third-order valence-electron chi connectivity index (χ3n) is 16.8. The van der Waals surface area contributed by atoms with Crippen molar-refractivity contribution in [2.75, 3.05) is 48.2 Å². The number of carbonyl (C=O) groups is 4. The van der Waals surface area contributed by atoms with E-state index in [2.05, 4.69) is 57.6 Å². The molecule has 7 aromatic carbocycles. The monoisotopic (exact) mass is 1680 g/mol. The van der Waals surface area contributed by atoms with Gasteiger partial charge in [0.2, 0.25) is 0 Å². The summed E-state index contributed by atoms with van der Waals surface area (Å²) in [5, 5.41) is 27.5. The molecule has 0 unspecified atom stereocenters. The van der Waals surface area contributed by atoms with E-state index in [-0.39, 0.29) is 42.3 Å². The number of carbonyl (C=O) groups excluding carboxylic acids is 4. The standard InChI is InChI=1S/C22H20N4.C21H17ClN4.C14H13ClN2O2.C12H9ClN2O.C10H13NO2.C8H7Cl2NO2.3CH3.Al/c1-14-8-9-17(23)12-19(14)20-11-16-13-25-15(2)10-21(16)26(22(20)24)18-6-4-3-5-7-18;1-13-7-8-15(23)10-17(13)18-9-14-12-25-20(22)11-19(14)26(21(18)24)16-5-3-2-4-6-16;1-2-19-14(18)11-9-16-13(15)8-12(11)17-10-6-4-3-5-7-10;13-12-6-11(9(8-16)7-14-12)15-10-4-2-1-3-5-10;1-7-3-4-9(11)5-8(7)6-10(12)13-2;1-2-13-8(12)5-4-11-7(10)3-6(5)9;;;;/h3-13,24H,23H2,1-2H3;2-12,24H,23H2,1H3;3-9H,2H2,1H3,(H,16,17);1-8H,(H,14,15);3-5H,6,11H2,1-2H3;3-4H,2H2,1H3;3*1H3;. The van der Waals surface area contributed by atoms with Crippen LogP contribution in [0.5, 0.6) is 0 Å². The topological polar surface area (TPSA) is 320 Å². The Morgan fingerprint density at radius 2 is 0.855 bits per heavy atom. The molecule has 21 nitrogen and oxygen atoms in total. The Morgan fingerprint density at radius 3 is 1.32 bits per heavy atom. The number of hydrogen-bond acceptors (Lipinski definition) is 19. The van der Waals surface area contributed by atoms with Gasteiger partial charge in [0.15, 0.2) is 6.29 Å². The molecule has 0 aliphatic rings. The number of methoxy groups -OCH3 is 1. The third kappa shape index (κ3) is 26.4. The smallest absolute Gasteiger partial charge is 0.341 e. The predicted octanol–water partition coefficient (Wildman–Crippen LogP) is 21.3. The fourth-order valence-electron chi connectivity index (χ4n) is 11.3. The average molecular weight is 1680 g/mol. The first-order chi connectivity index (χ1) is 56.1. The van der Waals surface area contributed by atoms with E-state index in [1.54, 1.807) is 44.3 Å². The van der Waals surface area contributed by atoms with Crippen molar-refractivity contribution in [1.29, 1.82) is 10.8 Å². The zero-order valence-corrected chi connectivity index (χ0v) is 71.0. The molecular weight excluding hydrogens is 1590 g/mol. The van der Waals surface area contributed by atoms with E-state index in [1.807, 2.05) is 231 Å². The van der Waals surface area contributed by atoms with Crippen LogP contribution in [0.3, 0.4) is 0 Å². The molecule has 0 fully saturated rings. The van der Waals surface area contributed by atoms with Crippen LogP contribution in [0, 0.1) is 38.5 Å². The van der Waals surface area contributed by atoms with Crippen LogP contribution in [0.2, 0.25) is 43.0 Å². The summed E-state index contributed by atoms with van der Waals surface area (Å²) in [4.78, 5) is 64.9. The third-order valence-corrected chi connectivity index (χ3v) is 18.0. The van der Waals surface area contributed by atoms with Crippen molar-refractivity contribution in [3.05, 3.63) is 331 Å². The van der Waals surface area contributed by atoms with Crippen LogP contribution in [0.25, 0.3) is 55.4 Å². The number of hydrogen-bond donors (Lipinski definition) is 7. The van der Waals surface area contributed by atoms with Gasteiger partial charge in [-0.3, -0.25) is 34.5 Å². The van der Waals surface area contributed by atoms with E-state index in [1.165, 1.54) is 31.8 Å². The second kappa shape index (κ2) is 44.6. The van der Waals surface area contributed by atoms with Crippen LogP contribution >= 0.6 is 58.0 Å². The number of aryl methyl sites for hydroxylation is 4. The van der Waals surface area contributed by atoms with Gasteiger partial charge in [0.05, 0.1) is 65.3 Å². The number of nitrogens with one attached hydrogen (secondary N) is 4. The molecule has 27 heteroatoms. The van der Waals surface area contributed by atoms with Crippen LogP contribution in [0.1, 0.15) is 72.9 Å². The van der Waals surface area contributed by atoms with Crippen molar-refractivity contribution < 1.29 is 33.4 Å². The second-order valence-electron chi connectivity index (χ2n) is 26.6. The number of fused-ring (bicyclic) bond motifs is 2. The SMILES string of the molecule is CCOC(=O)c1cnc(Cl)cc1Cl.CCOC(=O)c1cnc(Cl)cc1Nc1ccccc1.COC(=O)Cc1cc(N)ccc1C.Cc1cc2c(cn1)cc(-c1cc(N)ccc1C)c(=N)n2-c1ccccc1.Cc1ccc(N)cc1-c1cc2cnc(Cl)cc2n(-c2ccccc2)c1=N.O=Cc1cnc(Cl)cc1Nc1ccccc1.[CH3][Al]([CH3])[CH3]. The summed E-state index contributed by atoms with van der Waals surface area (Å²) < 4.78 is 18.2. The molecule has 7 aromatic heterocycles. The number of halogens is 5. The Labute approximate surface area is 708 Å². The number of nitrogens with zero attached hydrogens (tertiary/aromatic N) is 7. The molecule has 117 heavy (non-hydrogen) atoms. The lowest BCUT2D eigenvalue weighted by atomic mass is 9.99. The Hall–Kier alpha value is -12.2. The second-order valence-corrected chi connectivity index (χ2v) is 32.0. The van der Waals surface area contributed by atoms with Crippen molar-refractivity contribution in [3.63, 3.8) is 0 Å². The van der Waals surface area contributed by atoms with Crippen LogP contribution in [0.4, 0.5) is 39.8 Å². The number of benzene rings is 7. The highest BCUT2D eigenvalue weighted by molar-refractivity contribution is 6.54. The van der Waals surface area contributed by atoms with Gasteiger partial charge in [-0.15, -0.1) is 17.4 Å². The number of ether oxygens (including phenoxy) is 3. The molecule has 0 amide bonds. The molecule has 10 N–H and O–H groups in total. The number of rotatable bonds is 15. The zero-order chi connectivity index (χ0) is 84.8. The summed E-state index contributed by atoms with van der Waals surface area (Å²) in [6, 6.07) is 68.4. The van der Waals surface area contributed by atoms with Crippen molar-refractivity contribution in [3.8, 4) is 33.6 Å². The van der Waals surface area contributed by atoms with E-state index in [9.17, 15) is 19.2 Å². The Kier molecular flexibility index (Phi) is 34.4. The van der Waals surface area contributed by atoms with Gasteiger partial charge in [-0.05, 0) is 196 Å². The maximum atomic E-state index is 11.8. The molecule has 0 bridgehead atoms. The summed E-state index contributed by atoms with van der Waals surface area (Å²) in [5.74, 6) is 5.76. The number of para-hydroxylation sites is 4. The summed E-state index contributed by atoms with van der Waals surface area (Å²) in [6.07, 6.45) is 8.78. The first kappa shape index (κ1) is 90.3. The van der Waals surface area contributed by atoms with E-state index in [0.29, 0.717) is 79.2 Å². The number of esters is 3. The van der Waals surface area contributed by atoms with Gasteiger partial charge >= 0.3 is 17.9 Å². The molecule has 0 aliphatic carbocycles. The molecule has 0 spiro atoms. The minimum Gasteiger partial charge on any atom is -0.469 e. The van der Waals surface area contributed by atoms with Crippen molar-refractivity contribution in [2.45, 2.75) is 65.3 Å². The number of aromatic nitrogens is 7. The van der Waals surface area contributed by atoms with Crippen LogP contribution in [0.15, 0.2) is 249 Å². The van der Waals surface area contributed by atoms with Gasteiger partial charge in [-0.1, -0.05) is 149 Å². The minimum absolute atomic E-state index is 0.139. The molecule has 598 valence electrons. The Morgan fingerprint density at radius 1 is 0.462 bits per heavy atom. The highest BCUT2D eigenvalue weighted by Crippen LogP contribution is 2.32. The van der Waals surface area contributed by atoms with Crippen molar-refractivity contribution >= 4 is 158 Å². The molecule has 0 aliphatic heterocycles. The molecule has 14 aromatic rings. The lowest BCUT2D eigenvalue weighted by molar-refractivity contribution is -0.139. The fourth-order valence-corrected chi connectivity index (χ4v) is 12.2. The van der Waals surface area contributed by atoms with Gasteiger partial charge < -0.3 is 42.0 Å². The fraction of sp³-hybridized carbons (Fsp3) is 0.144. The van der Waals surface area contributed by atoms with Gasteiger partial charge in [0.25, 0.3) is 14.1 Å². The predicted molar refractivity (Wildman–Crippen MR) is 477 cm³/mol. The van der Waals surface area contributed by atoms with E-state index in [4.69, 9.17) is 95.5 Å². The van der Waals surface area contributed by atoms with E-state index >= 15 is 0 Å². The molecular formula is C90H88AlCl5N14O7.